The van der Waals surface area contributed by atoms with Gasteiger partial charge in [0.2, 0.25) is 0 Å². The molecule has 3 nitrogen and oxygen atoms in total. The van der Waals surface area contributed by atoms with Crippen LogP contribution in [0.15, 0.2) is 42.5 Å². The van der Waals surface area contributed by atoms with Crippen LogP contribution in [0.25, 0.3) is 22.4 Å². The molecule has 0 unspecified atom stereocenters. The Kier molecular flexibility index (Phi) is 3.28. The minimum Gasteiger partial charge on any atom is -0.330 e. The van der Waals surface area contributed by atoms with Crippen molar-refractivity contribution in [1.29, 1.82) is 0 Å². The van der Waals surface area contributed by atoms with E-state index in [1.54, 1.807) is 0 Å². The van der Waals surface area contributed by atoms with E-state index in [0.29, 0.717) is 6.54 Å². The van der Waals surface area contributed by atoms with Gasteiger partial charge in [0.25, 0.3) is 0 Å². The number of hydrogen-bond donors (Lipinski definition) is 1. The predicted molar refractivity (Wildman–Crippen MR) is 83.6 cm³/mol. The Bertz CT molecular complexity index is 739. The fourth-order valence-corrected chi connectivity index (χ4v) is 2.52. The van der Waals surface area contributed by atoms with Crippen LogP contribution in [0.3, 0.4) is 0 Å². The molecule has 0 saturated carbocycles. The molecule has 0 bridgehead atoms. The number of hydrogen-bond acceptors (Lipinski definition) is 2. The smallest absolute Gasteiger partial charge is 0.140 e. The summed E-state index contributed by atoms with van der Waals surface area (Å²) in [6, 6.07) is 14.9. The SMILES string of the molecule is Cc1ccc(-c2nc3ccc(CCN)cc3n2C)cc1. The normalized spacial score (nSPS) is 11.2. The molecule has 0 saturated heterocycles. The van der Waals surface area contributed by atoms with E-state index in [4.69, 9.17) is 10.7 Å². The van der Waals surface area contributed by atoms with E-state index in [1.165, 1.54) is 11.1 Å². The van der Waals surface area contributed by atoms with E-state index >= 15 is 0 Å². The van der Waals surface area contributed by atoms with Gasteiger partial charge in [-0.15, -0.1) is 0 Å². The quantitative estimate of drug-likeness (QED) is 0.791. The van der Waals surface area contributed by atoms with Crippen LogP contribution in [-0.4, -0.2) is 16.1 Å². The molecule has 2 N–H and O–H groups in total. The lowest BCUT2D eigenvalue weighted by atomic mass is 10.1. The van der Waals surface area contributed by atoms with Gasteiger partial charge >= 0.3 is 0 Å². The molecular weight excluding hydrogens is 246 g/mol. The number of aryl methyl sites for hydroxylation is 2. The lowest BCUT2D eigenvalue weighted by Gasteiger charge is -2.04. The summed E-state index contributed by atoms with van der Waals surface area (Å²) in [7, 11) is 2.07. The van der Waals surface area contributed by atoms with E-state index in [2.05, 4.69) is 61.0 Å². The molecule has 0 aliphatic rings. The first-order valence-electron chi connectivity index (χ1n) is 6.91. The first kappa shape index (κ1) is 12.9. The van der Waals surface area contributed by atoms with E-state index < -0.39 is 0 Å². The fraction of sp³-hybridized carbons (Fsp3) is 0.235. The third-order valence-corrected chi connectivity index (χ3v) is 3.69. The molecule has 1 aromatic heterocycles. The molecule has 0 radical (unpaired) electrons. The molecule has 0 atom stereocenters. The van der Waals surface area contributed by atoms with Crippen molar-refractivity contribution in [3.8, 4) is 11.4 Å². The summed E-state index contributed by atoms with van der Waals surface area (Å²) in [4.78, 5) is 4.75. The molecule has 0 spiro atoms. The maximum atomic E-state index is 5.63. The van der Waals surface area contributed by atoms with Crippen molar-refractivity contribution in [1.82, 2.24) is 9.55 Å². The number of fused-ring (bicyclic) bond motifs is 1. The zero-order chi connectivity index (χ0) is 14.1. The van der Waals surface area contributed by atoms with Gasteiger partial charge in [-0.3, -0.25) is 0 Å². The van der Waals surface area contributed by atoms with Crippen LogP contribution in [0.1, 0.15) is 11.1 Å². The monoisotopic (exact) mass is 265 g/mol. The van der Waals surface area contributed by atoms with Crippen molar-refractivity contribution in [2.45, 2.75) is 13.3 Å². The van der Waals surface area contributed by atoms with E-state index in [9.17, 15) is 0 Å². The van der Waals surface area contributed by atoms with Crippen LogP contribution in [0.2, 0.25) is 0 Å². The van der Waals surface area contributed by atoms with Crippen molar-refractivity contribution < 1.29 is 0 Å². The summed E-state index contributed by atoms with van der Waals surface area (Å²) in [5.41, 5.74) is 11.5. The first-order chi connectivity index (χ1) is 9.69. The van der Waals surface area contributed by atoms with Gasteiger partial charge in [0.15, 0.2) is 0 Å². The number of nitrogens with zero attached hydrogens (tertiary/aromatic N) is 2. The van der Waals surface area contributed by atoms with Crippen molar-refractivity contribution in [3.05, 3.63) is 53.6 Å². The fourth-order valence-electron chi connectivity index (χ4n) is 2.52. The lowest BCUT2D eigenvalue weighted by Crippen LogP contribution is -2.02. The van der Waals surface area contributed by atoms with Crippen LogP contribution in [0, 0.1) is 6.92 Å². The van der Waals surface area contributed by atoms with Crippen LogP contribution in [-0.2, 0) is 13.5 Å². The molecular formula is C17H19N3. The Morgan fingerprint density at radius 2 is 1.85 bits per heavy atom. The number of aromatic nitrogens is 2. The molecule has 1 heterocycles. The Hall–Kier alpha value is -2.13. The minimum absolute atomic E-state index is 0.675. The van der Waals surface area contributed by atoms with E-state index in [1.807, 2.05) is 0 Å². The zero-order valence-electron chi connectivity index (χ0n) is 11.9. The Labute approximate surface area is 119 Å². The summed E-state index contributed by atoms with van der Waals surface area (Å²) in [6.07, 6.45) is 0.904. The van der Waals surface area contributed by atoms with Gasteiger partial charge in [0.05, 0.1) is 11.0 Å². The van der Waals surface area contributed by atoms with Gasteiger partial charge in [-0.2, -0.15) is 0 Å². The Morgan fingerprint density at radius 1 is 1.10 bits per heavy atom. The molecule has 20 heavy (non-hydrogen) atoms. The number of rotatable bonds is 3. The Morgan fingerprint density at radius 3 is 2.55 bits per heavy atom. The summed E-state index contributed by atoms with van der Waals surface area (Å²) >= 11 is 0. The zero-order valence-corrected chi connectivity index (χ0v) is 11.9. The second kappa shape index (κ2) is 5.10. The summed E-state index contributed by atoms with van der Waals surface area (Å²) < 4.78 is 2.15. The summed E-state index contributed by atoms with van der Waals surface area (Å²) in [6.45, 7) is 2.77. The van der Waals surface area contributed by atoms with Crippen LogP contribution in [0.4, 0.5) is 0 Å². The molecule has 0 amide bonds. The van der Waals surface area contributed by atoms with Gasteiger partial charge < -0.3 is 10.3 Å². The molecule has 2 aromatic carbocycles. The van der Waals surface area contributed by atoms with Crippen molar-refractivity contribution >= 4 is 11.0 Å². The molecule has 0 aliphatic heterocycles. The highest BCUT2D eigenvalue weighted by Gasteiger charge is 2.10. The van der Waals surface area contributed by atoms with Gasteiger partial charge in [-0.25, -0.2) is 4.98 Å². The first-order valence-corrected chi connectivity index (χ1v) is 6.91. The van der Waals surface area contributed by atoms with Gasteiger partial charge in [0.1, 0.15) is 5.82 Å². The Balaban J connectivity index is 2.12. The minimum atomic E-state index is 0.675. The highest BCUT2D eigenvalue weighted by molar-refractivity contribution is 5.81. The number of nitrogens with two attached hydrogens (primary N) is 1. The maximum Gasteiger partial charge on any atom is 0.140 e. The third-order valence-electron chi connectivity index (χ3n) is 3.69. The number of benzene rings is 2. The van der Waals surface area contributed by atoms with Gasteiger partial charge in [-0.1, -0.05) is 35.9 Å². The van der Waals surface area contributed by atoms with E-state index in [-0.39, 0.29) is 0 Å². The van der Waals surface area contributed by atoms with Crippen LogP contribution < -0.4 is 5.73 Å². The second-order valence-corrected chi connectivity index (χ2v) is 5.22. The van der Waals surface area contributed by atoms with E-state index in [0.717, 1.165) is 28.8 Å². The summed E-state index contributed by atoms with van der Waals surface area (Å²) in [5.74, 6) is 1.00. The number of imidazole rings is 1. The molecule has 102 valence electrons. The predicted octanol–water partition coefficient (Wildman–Crippen LogP) is 3.05. The highest BCUT2D eigenvalue weighted by Crippen LogP contribution is 2.24. The second-order valence-electron chi connectivity index (χ2n) is 5.22. The third kappa shape index (κ3) is 2.21. The molecule has 3 aromatic rings. The van der Waals surface area contributed by atoms with Crippen LogP contribution in [0.5, 0.6) is 0 Å². The lowest BCUT2D eigenvalue weighted by molar-refractivity contribution is 0.948. The van der Waals surface area contributed by atoms with Crippen molar-refractivity contribution in [2.75, 3.05) is 6.54 Å². The van der Waals surface area contributed by atoms with Gasteiger partial charge in [-0.05, 0) is 37.6 Å². The average molecular weight is 265 g/mol. The van der Waals surface area contributed by atoms with Crippen molar-refractivity contribution in [3.63, 3.8) is 0 Å². The summed E-state index contributed by atoms with van der Waals surface area (Å²) in [5, 5.41) is 0. The topological polar surface area (TPSA) is 43.8 Å². The molecule has 0 fully saturated rings. The molecule has 0 aliphatic carbocycles. The standard InChI is InChI=1S/C17H19N3/c1-12-3-6-14(7-4-12)17-19-15-8-5-13(9-10-18)11-16(15)20(17)2/h3-8,11H,9-10,18H2,1-2H3. The molecule has 3 rings (SSSR count). The van der Waals surface area contributed by atoms with Gasteiger partial charge in [0, 0.05) is 12.6 Å². The maximum absolute atomic E-state index is 5.63. The largest absolute Gasteiger partial charge is 0.330 e. The van der Waals surface area contributed by atoms with Crippen LogP contribution >= 0.6 is 0 Å². The highest BCUT2D eigenvalue weighted by atomic mass is 15.1. The van der Waals surface area contributed by atoms with Crippen molar-refractivity contribution in [2.24, 2.45) is 12.8 Å². The average Bonchev–Trinajstić information content (AvgIpc) is 2.78. The molecule has 3 heteroatoms.